The lowest BCUT2D eigenvalue weighted by atomic mass is 10.0. The molecule has 0 radical (unpaired) electrons. The van der Waals surface area contributed by atoms with Crippen LogP contribution >= 0.6 is 0 Å². The van der Waals surface area contributed by atoms with Crippen LogP contribution < -0.4 is 4.72 Å². The molecule has 7 heteroatoms. The Hall–Kier alpha value is -0.920. The molecule has 2 heterocycles. The van der Waals surface area contributed by atoms with Crippen molar-refractivity contribution in [3.8, 4) is 0 Å². The van der Waals surface area contributed by atoms with Gasteiger partial charge in [0.2, 0.25) is 0 Å². The lowest BCUT2D eigenvalue weighted by Gasteiger charge is -2.32. The highest BCUT2D eigenvalue weighted by Gasteiger charge is 2.22. The topological polar surface area (TPSA) is 78.1 Å². The van der Waals surface area contributed by atoms with Crippen molar-refractivity contribution in [2.45, 2.75) is 30.3 Å². The number of likely N-dealkylation sites (N-methyl/N-ethyl adjacent to an activating group) is 1. The smallest absolute Gasteiger partial charge is 0.257 e. The predicted octanol–water partition coefficient (Wildman–Crippen LogP) is 0.172. The van der Waals surface area contributed by atoms with E-state index in [1.807, 2.05) is 7.05 Å². The van der Waals surface area contributed by atoms with Crippen molar-refractivity contribution < 1.29 is 8.42 Å². The normalized spacial score (nSPS) is 22.8. The van der Waals surface area contributed by atoms with Crippen molar-refractivity contribution in [2.75, 3.05) is 20.1 Å². The van der Waals surface area contributed by atoms with Gasteiger partial charge in [0.15, 0.2) is 5.03 Å². The molecule has 1 atom stereocenters. The molecule has 0 bridgehead atoms. The van der Waals surface area contributed by atoms with Crippen molar-refractivity contribution in [1.29, 1.82) is 0 Å². The van der Waals surface area contributed by atoms with E-state index in [9.17, 15) is 8.42 Å². The van der Waals surface area contributed by atoms with Gasteiger partial charge >= 0.3 is 0 Å². The molecule has 1 fully saturated rings. The Kier molecular flexibility index (Phi) is 3.80. The summed E-state index contributed by atoms with van der Waals surface area (Å²) in [6.45, 7) is 1.49. The first-order valence-electron chi connectivity index (χ1n) is 5.79. The van der Waals surface area contributed by atoms with Gasteiger partial charge in [-0.15, -0.1) is 0 Å². The molecule has 0 aromatic carbocycles. The van der Waals surface area contributed by atoms with Crippen molar-refractivity contribution >= 4 is 10.0 Å². The second-order valence-electron chi connectivity index (χ2n) is 4.40. The number of aromatic amines is 1. The summed E-state index contributed by atoms with van der Waals surface area (Å²) in [6.07, 6.45) is 4.84. The fourth-order valence-electron chi connectivity index (χ4n) is 2.08. The lowest BCUT2D eigenvalue weighted by Crippen LogP contribution is -2.44. The van der Waals surface area contributed by atoms with Gasteiger partial charge in [0.05, 0.1) is 6.20 Å². The Bertz CT molecular complexity index is 443. The molecule has 0 amide bonds. The van der Waals surface area contributed by atoms with Crippen LogP contribution in [0.4, 0.5) is 0 Å². The molecule has 17 heavy (non-hydrogen) atoms. The van der Waals surface area contributed by atoms with Gasteiger partial charge in [0.25, 0.3) is 10.0 Å². The molecule has 1 aromatic rings. The number of likely N-dealkylation sites (tertiary alicyclic amines) is 1. The average Bonchev–Trinajstić information content (AvgIpc) is 2.82. The van der Waals surface area contributed by atoms with E-state index < -0.39 is 10.0 Å². The van der Waals surface area contributed by atoms with Gasteiger partial charge in [-0.25, -0.2) is 13.1 Å². The molecule has 2 rings (SSSR count). The Morgan fingerprint density at radius 1 is 1.59 bits per heavy atom. The summed E-state index contributed by atoms with van der Waals surface area (Å²) in [4.78, 5) is 2.21. The van der Waals surface area contributed by atoms with Crippen LogP contribution in [0.3, 0.4) is 0 Å². The van der Waals surface area contributed by atoms with E-state index in [0.29, 0.717) is 12.6 Å². The standard InChI is InChI=1S/C10H18N4O2S/c1-14-7-3-2-4-9(14)8-12-17(15,16)10-5-6-11-13-10/h5-6,9,12H,2-4,7-8H2,1H3,(H,11,13). The second-order valence-corrected chi connectivity index (χ2v) is 6.14. The predicted molar refractivity (Wildman–Crippen MR) is 64.0 cm³/mol. The van der Waals surface area contributed by atoms with E-state index in [1.54, 1.807) is 0 Å². The van der Waals surface area contributed by atoms with Gasteiger partial charge < -0.3 is 4.90 Å². The molecule has 1 aliphatic heterocycles. The molecule has 1 aromatic heterocycles. The molecule has 6 nitrogen and oxygen atoms in total. The average molecular weight is 258 g/mol. The number of sulfonamides is 1. The quantitative estimate of drug-likeness (QED) is 0.807. The van der Waals surface area contributed by atoms with Crippen molar-refractivity contribution in [3.63, 3.8) is 0 Å². The largest absolute Gasteiger partial charge is 0.302 e. The minimum absolute atomic E-state index is 0.121. The maximum atomic E-state index is 11.8. The minimum Gasteiger partial charge on any atom is -0.302 e. The first-order valence-corrected chi connectivity index (χ1v) is 7.27. The van der Waals surface area contributed by atoms with Gasteiger partial charge in [0, 0.05) is 12.6 Å². The second kappa shape index (κ2) is 5.16. The fraction of sp³-hybridized carbons (Fsp3) is 0.700. The summed E-state index contributed by atoms with van der Waals surface area (Å²) in [5, 5.41) is 6.23. The number of hydrogen-bond donors (Lipinski definition) is 2. The number of aromatic nitrogens is 2. The van der Waals surface area contributed by atoms with Gasteiger partial charge in [-0.2, -0.15) is 5.10 Å². The molecule has 1 aliphatic rings. The molecular weight excluding hydrogens is 240 g/mol. The summed E-state index contributed by atoms with van der Waals surface area (Å²) in [5.41, 5.74) is 0. The summed E-state index contributed by atoms with van der Waals surface area (Å²) >= 11 is 0. The highest BCUT2D eigenvalue weighted by Crippen LogP contribution is 2.14. The van der Waals surface area contributed by atoms with Crippen molar-refractivity contribution in [3.05, 3.63) is 12.3 Å². The van der Waals surface area contributed by atoms with Crippen molar-refractivity contribution in [2.24, 2.45) is 0 Å². The fourth-order valence-corrected chi connectivity index (χ4v) is 3.06. The monoisotopic (exact) mass is 258 g/mol. The highest BCUT2D eigenvalue weighted by atomic mass is 32.2. The maximum Gasteiger partial charge on any atom is 0.257 e. The number of H-pyrrole nitrogens is 1. The number of piperidine rings is 1. The first-order chi connectivity index (χ1) is 8.09. The summed E-state index contributed by atoms with van der Waals surface area (Å²) < 4.78 is 26.3. The summed E-state index contributed by atoms with van der Waals surface area (Å²) in [6, 6.07) is 1.74. The van der Waals surface area contributed by atoms with Gasteiger partial charge in [-0.3, -0.25) is 5.10 Å². The van der Waals surface area contributed by atoms with Crippen LogP contribution in [0.1, 0.15) is 19.3 Å². The Labute approximate surface area is 101 Å². The number of hydrogen-bond acceptors (Lipinski definition) is 4. The number of nitrogens with zero attached hydrogens (tertiary/aromatic N) is 2. The third-order valence-electron chi connectivity index (χ3n) is 3.20. The van der Waals surface area contributed by atoms with E-state index in [0.717, 1.165) is 13.0 Å². The van der Waals surface area contributed by atoms with Crippen LogP contribution in [0.5, 0.6) is 0 Å². The van der Waals surface area contributed by atoms with E-state index in [4.69, 9.17) is 0 Å². The van der Waals surface area contributed by atoms with E-state index in [-0.39, 0.29) is 5.03 Å². The van der Waals surface area contributed by atoms with Crippen LogP contribution in [0, 0.1) is 0 Å². The van der Waals surface area contributed by atoms with Gasteiger partial charge in [-0.1, -0.05) is 6.42 Å². The van der Waals surface area contributed by atoms with Crippen LogP contribution in [-0.2, 0) is 10.0 Å². The number of rotatable bonds is 4. The Balaban J connectivity index is 1.93. The Morgan fingerprint density at radius 3 is 3.06 bits per heavy atom. The molecule has 96 valence electrons. The van der Waals surface area contributed by atoms with Crippen LogP contribution in [0.25, 0.3) is 0 Å². The zero-order chi connectivity index (χ0) is 12.3. The molecule has 0 aliphatic carbocycles. The third-order valence-corrected chi connectivity index (χ3v) is 4.55. The van der Waals surface area contributed by atoms with Crippen LogP contribution in [0.15, 0.2) is 17.3 Å². The summed E-state index contributed by atoms with van der Waals surface area (Å²) in [7, 11) is -1.40. The van der Waals surface area contributed by atoms with Gasteiger partial charge in [0.1, 0.15) is 0 Å². The summed E-state index contributed by atoms with van der Waals surface area (Å²) in [5.74, 6) is 0. The van der Waals surface area contributed by atoms with Gasteiger partial charge in [-0.05, 0) is 32.5 Å². The highest BCUT2D eigenvalue weighted by molar-refractivity contribution is 7.89. The first kappa shape index (κ1) is 12.5. The Morgan fingerprint density at radius 2 is 2.41 bits per heavy atom. The zero-order valence-corrected chi connectivity index (χ0v) is 10.7. The molecule has 0 spiro atoms. The maximum absolute atomic E-state index is 11.8. The molecule has 1 unspecified atom stereocenters. The van der Waals surface area contributed by atoms with Crippen molar-refractivity contribution in [1.82, 2.24) is 19.8 Å². The van der Waals surface area contributed by atoms with E-state index in [1.165, 1.54) is 25.1 Å². The molecule has 1 saturated heterocycles. The molecule has 0 saturated carbocycles. The SMILES string of the molecule is CN1CCCCC1CNS(=O)(=O)c1ccn[nH]1. The van der Waals surface area contributed by atoms with Crippen LogP contribution in [-0.4, -0.2) is 49.7 Å². The lowest BCUT2D eigenvalue weighted by molar-refractivity contribution is 0.187. The minimum atomic E-state index is -3.43. The molecular formula is C10H18N4O2S. The molecule has 2 N–H and O–H groups in total. The van der Waals surface area contributed by atoms with Crippen LogP contribution in [0.2, 0.25) is 0 Å². The third kappa shape index (κ3) is 3.05. The van der Waals surface area contributed by atoms with E-state index in [2.05, 4.69) is 19.8 Å². The number of nitrogens with one attached hydrogen (secondary N) is 2. The van der Waals surface area contributed by atoms with E-state index >= 15 is 0 Å². The zero-order valence-electron chi connectivity index (χ0n) is 9.89.